The van der Waals surface area contributed by atoms with E-state index in [0.29, 0.717) is 42.3 Å². The van der Waals surface area contributed by atoms with Crippen LogP contribution in [0.3, 0.4) is 0 Å². The van der Waals surface area contributed by atoms with Gasteiger partial charge in [0.25, 0.3) is 0 Å². The topological polar surface area (TPSA) is 98.5 Å². The molecule has 0 N–H and O–H groups in total. The Bertz CT molecular complexity index is 990. The van der Waals surface area contributed by atoms with Crippen molar-refractivity contribution in [3.63, 3.8) is 0 Å². The zero-order valence-electron chi connectivity index (χ0n) is 14.9. The first-order valence-electron chi connectivity index (χ1n) is 8.72. The molecule has 0 saturated carbocycles. The first-order valence-corrected chi connectivity index (χ1v) is 9.47. The summed E-state index contributed by atoms with van der Waals surface area (Å²) < 4.78 is 6.30. The van der Waals surface area contributed by atoms with Gasteiger partial charge in [0.05, 0.1) is 16.9 Å². The molecule has 10 heteroatoms. The lowest BCUT2D eigenvalue weighted by molar-refractivity contribution is -0.384. The van der Waals surface area contributed by atoms with Crippen LogP contribution in [-0.2, 0) is 0 Å². The van der Waals surface area contributed by atoms with E-state index in [2.05, 4.69) is 9.97 Å². The number of hydrogen-bond acceptors (Lipinski definition) is 7. The molecule has 1 spiro atoms. The second-order valence-electron chi connectivity index (χ2n) is 7.07. The fraction of sp³-hybridized carbons (Fsp3) is 0.389. The fourth-order valence-electron chi connectivity index (χ4n) is 3.85. The van der Waals surface area contributed by atoms with Gasteiger partial charge < -0.3 is 9.64 Å². The second kappa shape index (κ2) is 6.86. The van der Waals surface area contributed by atoms with E-state index in [4.69, 9.17) is 27.9 Å². The number of Topliss-reactive ketones (excluding diaryl/α,β-unsaturated/α-hetero) is 1. The number of carbonyl (C=O) groups is 1. The van der Waals surface area contributed by atoms with Crippen LogP contribution < -0.4 is 9.64 Å². The molecule has 0 aliphatic carbocycles. The number of ketones is 1. The van der Waals surface area contributed by atoms with E-state index < -0.39 is 10.5 Å². The zero-order valence-corrected chi connectivity index (χ0v) is 16.5. The number of anilines is 1. The predicted molar refractivity (Wildman–Crippen MR) is 104 cm³/mol. The minimum Gasteiger partial charge on any atom is -0.486 e. The van der Waals surface area contributed by atoms with Gasteiger partial charge in [-0.1, -0.05) is 23.2 Å². The molecule has 1 aromatic heterocycles. The van der Waals surface area contributed by atoms with Crippen LogP contribution in [0.4, 0.5) is 11.5 Å². The highest BCUT2D eigenvalue weighted by Crippen LogP contribution is 2.43. The van der Waals surface area contributed by atoms with Crippen LogP contribution in [0.15, 0.2) is 18.5 Å². The van der Waals surface area contributed by atoms with Gasteiger partial charge >= 0.3 is 5.69 Å². The molecule has 2 aliphatic rings. The third-order valence-electron chi connectivity index (χ3n) is 5.26. The largest absolute Gasteiger partial charge is 0.486 e. The van der Waals surface area contributed by atoms with Gasteiger partial charge in [0.1, 0.15) is 17.7 Å². The molecule has 0 bridgehead atoms. The maximum atomic E-state index is 12.7. The van der Waals surface area contributed by atoms with Crippen molar-refractivity contribution < 1.29 is 14.5 Å². The highest BCUT2D eigenvalue weighted by atomic mass is 35.5. The maximum absolute atomic E-state index is 12.7. The molecule has 0 amide bonds. The van der Waals surface area contributed by atoms with Gasteiger partial charge in [0, 0.05) is 31.0 Å². The Hall–Kier alpha value is -2.45. The number of aryl methyl sites for hydroxylation is 1. The third-order valence-corrected chi connectivity index (χ3v) is 5.75. The number of halogens is 2. The van der Waals surface area contributed by atoms with E-state index in [0.717, 1.165) is 5.56 Å². The summed E-state index contributed by atoms with van der Waals surface area (Å²) in [5.74, 6) is 0.756. The number of benzene rings is 1. The summed E-state index contributed by atoms with van der Waals surface area (Å²) in [4.78, 5) is 33.0. The molecular weight excluding hydrogens is 407 g/mol. The quantitative estimate of drug-likeness (QED) is 0.409. The van der Waals surface area contributed by atoms with Crippen LogP contribution in [0, 0.1) is 17.0 Å². The standard InChI is InChI=1S/C18H16Cl2N4O4/c1-10-6-11(19)7-12-13(25)8-18(28-15(10)12)2-4-23(5-3-18)17-14(24(26)27)16(20)21-9-22-17/h6-7,9H,2-5,8H2,1H3. The Morgan fingerprint density at radius 2 is 1.96 bits per heavy atom. The van der Waals surface area contributed by atoms with Crippen LogP contribution >= 0.6 is 23.2 Å². The Kier molecular flexibility index (Phi) is 4.63. The number of nitro groups is 1. The van der Waals surface area contributed by atoms with Crippen LogP contribution in [0.1, 0.15) is 35.2 Å². The summed E-state index contributed by atoms with van der Waals surface area (Å²) in [6.45, 7) is 2.76. The van der Waals surface area contributed by atoms with Crippen molar-refractivity contribution in [2.45, 2.75) is 31.8 Å². The molecule has 0 atom stereocenters. The first-order chi connectivity index (χ1) is 13.3. The van der Waals surface area contributed by atoms with Gasteiger partial charge in [0.2, 0.25) is 11.0 Å². The average Bonchev–Trinajstić information content (AvgIpc) is 2.63. The minimum absolute atomic E-state index is 0.00337. The van der Waals surface area contributed by atoms with Crippen molar-refractivity contribution in [3.05, 3.63) is 49.9 Å². The van der Waals surface area contributed by atoms with Crippen LogP contribution in [0.5, 0.6) is 5.75 Å². The molecule has 4 rings (SSSR count). The molecule has 0 radical (unpaired) electrons. The third kappa shape index (κ3) is 3.16. The van der Waals surface area contributed by atoms with Crippen molar-refractivity contribution in [3.8, 4) is 5.75 Å². The van der Waals surface area contributed by atoms with Crippen LogP contribution in [-0.4, -0.2) is 39.4 Å². The molecular formula is C18H16Cl2N4O4. The van der Waals surface area contributed by atoms with Crippen molar-refractivity contribution in [1.29, 1.82) is 0 Å². The van der Waals surface area contributed by atoms with Gasteiger partial charge in [-0.3, -0.25) is 14.9 Å². The Labute approximate surface area is 170 Å². The first kappa shape index (κ1) is 18.9. The summed E-state index contributed by atoms with van der Waals surface area (Å²) in [5.41, 5.74) is 0.383. The normalized spacial score (nSPS) is 18.0. The van der Waals surface area contributed by atoms with E-state index in [-0.39, 0.29) is 28.9 Å². The Balaban J connectivity index is 1.59. The van der Waals surface area contributed by atoms with Gasteiger partial charge in [0.15, 0.2) is 5.78 Å². The zero-order chi connectivity index (χ0) is 20.1. The number of carbonyl (C=O) groups excluding carboxylic acids is 1. The Morgan fingerprint density at radius 1 is 1.25 bits per heavy atom. The number of nitrogens with zero attached hydrogens (tertiary/aromatic N) is 4. The molecule has 8 nitrogen and oxygen atoms in total. The van der Waals surface area contributed by atoms with Crippen molar-refractivity contribution in [1.82, 2.24) is 9.97 Å². The van der Waals surface area contributed by atoms with Gasteiger partial charge in [-0.2, -0.15) is 0 Å². The minimum atomic E-state index is -0.634. The average molecular weight is 423 g/mol. The molecule has 0 unspecified atom stereocenters. The number of rotatable bonds is 2. The van der Waals surface area contributed by atoms with Crippen LogP contribution in [0.2, 0.25) is 10.2 Å². The molecule has 146 valence electrons. The lowest BCUT2D eigenvalue weighted by atomic mass is 9.82. The van der Waals surface area contributed by atoms with Crippen LogP contribution in [0.25, 0.3) is 0 Å². The lowest BCUT2D eigenvalue weighted by Crippen LogP contribution is -2.51. The van der Waals surface area contributed by atoms with E-state index in [1.54, 1.807) is 17.0 Å². The number of aromatic nitrogens is 2. The monoisotopic (exact) mass is 422 g/mol. The molecule has 3 heterocycles. The van der Waals surface area contributed by atoms with Crippen molar-refractivity contribution in [2.75, 3.05) is 18.0 Å². The van der Waals surface area contributed by atoms with Crippen molar-refractivity contribution >= 4 is 40.5 Å². The number of piperidine rings is 1. The number of ether oxygens (including phenoxy) is 1. The highest BCUT2D eigenvalue weighted by Gasteiger charge is 2.44. The molecule has 2 aromatic rings. The Morgan fingerprint density at radius 3 is 2.64 bits per heavy atom. The number of hydrogen-bond donors (Lipinski definition) is 0. The van der Waals surface area contributed by atoms with Gasteiger partial charge in [-0.15, -0.1) is 0 Å². The summed E-state index contributed by atoms with van der Waals surface area (Å²) in [5, 5.41) is 11.7. The van der Waals surface area contributed by atoms with Gasteiger partial charge in [-0.05, 0) is 24.6 Å². The lowest BCUT2D eigenvalue weighted by Gasteiger charge is -2.44. The maximum Gasteiger partial charge on any atom is 0.348 e. The SMILES string of the molecule is Cc1cc(Cl)cc2c1OC1(CCN(c3ncnc(Cl)c3[N+](=O)[O-])CC1)CC2=O. The van der Waals surface area contributed by atoms with E-state index >= 15 is 0 Å². The molecule has 1 saturated heterocycles. The summed E-state index contributed by atoms with van der Waals surface area (Å²) in [7, 11) is 0. The molecule has 1 fully saturated rings. The van der Waals surface area contributed by atoms with E-state index in [1.165, 1.54) is 6.33 Å². The summed E-state index contributed by atoms with van der Waals surface area (Å²) in [6, 6.07) is 3.41. The smallest absolute Gasteiger partial charge is 0.348 e. The molecule has 1 aromatic carbocycles. The number of fused-ring (bicyclic) bond motifs is 1. The summed E-state index contributed by atoms with van der Waals surface area (Å²) >= 11 is 12.0. The molecule has 28 heavy (non-hydrogen) atoms. The van der Waals surface area contributed by atoms with E-state index in [1.807, 2.05) is 6.92 Å². The predicted octanol–water partition coefficient (Wildman–Crippen LogP) is 4.00. The fourth-order valence-corrected chi connectivity index (χ4v) is 4.32. The highest BCUT2D eigenvalue weighted by molar-refractivity contribution is 6.32. The second-order valence-corrected chi connectivity index (χ2v) is 7.86. The van der Waals surface area contributed by atoms with Crippen molar-refractivity contribution in [2.24, 2.45) is 0 Å². The van der Waals surface area contributed by atoms with E-state index in [9.17, 15) is 14.9 Å². The molecule has 2 aliphatic heterocycles. The van der Waals surface area contributed by atoms with Gasteiger partial charge in [-0.25, -0.2) is 9.97 Å². The summed E-state index contributed by atoms with van der Waals surface area (Å²) in [6.07, 6.45) is 2.51.